The Morgan fingerprint density at radius 1 is 1.00 bits per heavy atom. The molecule has 0 amide bonds. The first-order valence-corrected chi connectivity index (χ1v) is 6.36. The van der Waals surface area contributed by atoms with Gasteiger partial charge in [0.2, 0.25) is 0 Å². The Labute approximate surface area is 37.6 Å². The molecule has 2 heteroatoms. The van der Waals surface area contributed by atoms with Gasteiger partial charge in [-0.15, -0.1) is 0 Å². The van der Waals surface area contributed by atoms with E-state index < -0.39 is 0 Å². The number of rotatable bonds is 0. The molecule has 0 radical (unpaired) electrons. The van der Waals surface area contributed by atoms with E-state index in [-0.39, 0.29) is 19.4 Å². The van der Waals surface area contributed by atoms with Gasteiger partial charge in [0.1, 0.15) is 0 Å². The summed E-state index contributed by atoms with van der Waals surface area (Å²) in [5.41, 5.74) is 0. The monoisotopic (exact) mass is 142 g/mol. The van der Waals surface area contributed by atoms with E-state index in [1.807, 2.05) is 0 Å². The van der Waals surface area contributed by atoms with E-state index in [0.29, 0.717) is 0 Å². The molecule has 1 nitrogen and oxygen atoms in total. The van der Waals surface area contributed by atoms with Crippen molar-refractivity contribution in [3.05, 3.63) is 0 Å². The van der Waals surface area contributed by atoms with Gasteiger partial charge in [0.25, 0.3) is 0 Å². The summed E-state index contributed by atoms with van der Waals surface area (Å²) in [5, 5.41) is 0. The second kappa shape index (κ2) is 4.48. The second-order valence-electron chi connectivity index (χ2n) is 1.22. The average Bonchev–Trinajstić information content (AvgIpc) is 0.811. The van der Waals surface area contributed by atoms with Gasteiger partial charge < -0.3 is 5.48 Å². The maximum Gasteiger partial charge on any atom is -0.870 e. The van der Waals surface area contributed by atoms with Crippen LogP contribution in [0.1, 0.15) is 0 Å². The zero-order chi connectivity index (χ0) is 3.58. The van der Waals surface area contributed by atoms with Crippen LogP contribution >= 0.6 is 0 Å². The molecule has 34 valence electrons. The van der Waals surface area contributed by atoms with Crippen molar-refractivity contribution in [3.8, 4) is 0 Å². The fraction of sp³-hybridized carbons (Fsp3) is 1.00. The van der Waals surface area contributed by atoms with E-state index in [4.69, 9.17) is 0 Å². The van der Waals surface area contributed by atoms with Crippen molar-refractivity contribution in [1.29, 1.82) is 0 Å². The molecule has 5 heavy (non-hydrogen) atoms. The van der Waals surface area contributed by atoms with Crippen LogP contribution in [0.2, 0.25) is 17.5 Å². The second-order valence-corrected chi connectivity index (χ2v) is 6.36. The minimum Gasteiger partial charge on any atom is -0.870 e. The van der Waals surface area contributed by atoms with E-state index >= 15 is 0 Å². The average molecular weight is 141 g/mol. The third kappa shape index (κ3) is 120. The van der Waals surface area contributed by atoms with Crippen molar-refractivity contribution in [2.75, 3.05) is 0 Å². The molecule has 0 unspecified atom stereocenters. The van der Waals surface area contributed by atoms with Gasteiger partial charge in [-0.25, -0.2) is 0 Å². The molecule has 0 rings (SSSR count). The van der Waals surface area contributed by atoms with Gasteiger partial charge in [0.05, 0.1) is 0 Å². The largest absolute Gasteiger partial charge is 0.870 e. The summed E-state index contributed by atoms with van der Waals surface area (Å²) in [7, 11) is 0. The van der Waals surface area contributed by atoms with Crippen LogP contribution in [0.3, 0.4) is 0 Å². The molecule has 0 atom stereocenters. The van der Waals surface area contributed by atoms with E-state index in [9.17, 15) is 0 Å². The van der Waals surface area contributed by atoms with Gasteiger partial charge in [-0.05, 0) is 0 Å². The maximum absolute atomic E-state index is 2.29. The summed E-state index contributed by atoms with van der Waals surface area (Å²) < 4.78 is 0. The van der Waals surface area contributed by atoms with Crippen LogP contribution in [0.5, 0.6) is 0 Å². The smallest absolute Gasteiger partial charge is 0.870 e. The minimum absolute atomic E-state index is 0. The first kappa shape index (κ1) is 9.08. The SMILES string of the molecule is C[Se+](C)C.[OH-]. The molecule has 0 aromatic carbocycles. The Bertz CT molecular complexity index is 11.6. The Morgan fingerprint density at radius 3 is 1.00 bits per heavy atom. The Kier molecular flexibility index (Phi) is 8.14. The van der Waals surface area contributed by atoms with Crippen LogP contribution in [-0.2, 0) is 0 Å². The molecule has 0 saturated carbocycles. The molecule has 0 heterocycles. The van der Waals surface area contributed by atoms with Gasteiger partial charge in [0, 0.05) is 0 Å². The molecule has 1 N–H and O–H groups in total. The van der Waals surface area contributed by atoms with Crippen molar-refractivity contribution in [2.24, 2.45) is 0 Å². The van der Waals surface area contributed by atoms with Crippen LogP contribution in [0.4, 0.5) is 0 Å². The molecule has 0 aromatic rings. The molecule has 0 aliphatic rings. The molecule has 0 spiro atoms. The predicted molar refractivity (Wildman–Crippen MR) is 25.3 cm³/mol. The fourth-order valence-corrected chi connectivity index (χ4v) is 0. The normalized spacial score (nSPS) is 7.20. The van der Waals surface area contributed by atoms with Crippen LogP contribution in [0, 0.1) is 0 Å². The zero-order valence-electron chi connectivity index (χ0n) is 3.86. The van der Waals surface area contributed by atoms with Gasteiger partial charge in [-0.1, -0.05) is 0 Å². The third-order valence-corrected chi connectivity index (χ3v) is 0. The molecule has 0 aliphatic carbocycles. The quantitative estimate of drug-likeness (QED) is 0.466. The molecule has 0 saturated heterocycles. The Balaban J connectivity index is 0. The van der Waals surface area contributed by atoms with E-state index in [0.717, 1.165) is 0 Å². The van der Waals surface area contributed by atoms with E-state index in [1.165, 1.54) is 0 Å². The minimum atomic E-state index is -0.0417. The first-order valence-electron chi connectivity index (χ1n) is 1.22. The van der Waals surface area contributed by atoms with E-state index in [2.05, 4.69) is 17.5 Å². The molecular formula is C3H10OSe. The molecule has 0 aromatic heterocycles. The van der Waals surface area contributed by atoms with Crippen molar-refractivity contribution in [2.45, 2.75) is 17.5 Å². The maximum atomic E-state index is 2.29. The molecule has 0 fully saturated rings. The summed E-state index contributed by atoms with van der Waals surface area (Å²) in [6.45, 7) is 0. The topological polar surface area (TPSA) is 30.0 Å². The van der Waals surface area contributed by atoms with Crippen molar-refractivity contribution in [1.82, 2.24) is 0 Å². The Hall–Kier alpha value is 0.479. The van der Waals surface area contributed by atoms with Gasteiger partial charge in [-0.3, -0.25) is 0 Å². The number of hydrogen-bond acceptors (Lipinski definition) is 1. The molecule has 0 bridgehead atoms. The fourth-order valence-electron chi connectivity index (χ4n) is 0. The van der Waals surface area contributed by atoms with Crippen molar-refractivity contribution >= 4 is 13.9 Å². The van der Waals surface area contributed by atoms with Crippen LogP contribution in [-0.4, -0.2) is 19.4 Å². The molecule has 0 aliphatic heterocycles. The van der Waals surface area contributed by atoms with Crippen molar-refractivity contribution < 1.29 is 5.48 Å². The summed E-state index contributed by atoms with van der Waals surface area (Å²) in [6.07, 6.45) is 0. The predicted octanol–water partition coefficient (Wildman–Crippen LogP) is 1.19. The standard InChI is InChI=1S/C3H9Se.H2O/c1-4(2)3;/h1-3H3;1H2/q+1;/p-1. The summed E-state index contributed by atoms with van der Waals surface area (Å²) in [5.74, 6) is 6.88. The van der Waals surface area contributed by atoms with Gasteiger partial charge >= 0.3 is 31.4 Å². The zero-order valence-corrected chi connectivity index (χ0v) is 5.57. The summed E-state index contributed by atoms with van der Waals surface area (Å²) in [6, 6.07) is 0. The van der Waals surface area contributed by atoms with Crippen LogP contribution in [0.25, 0.3) is 0 Å². The summed E-state index contributed by atoms with van der Waals surface area (Å²) in [4.78, 5) is 0. The van der Waals surface area contributed by atoms with Gasteiger partial charge in [-0.2, -0.15) is 0 Å². The van der Waals surface area contributed by atoms with E-state index in [1.54, 1.807) is 0 Å². The molecular weight excluding hydrogens is 131 g/mol. The summed E-state index contributed by atoms with van der Waals surface area (Å²) >= 11 is -0.0417. The van der Waals surface area contributed by atoms with Crippen LogP contribution < -0.4 is 0 Å². The van der Waals surface area contributed by atoms with Crippen LogP contribution in [0.15, 0.2) is 0 Å². The first-order chi connectivity index (χ1) is 1.73. The van der Waals surface area contributed by atoms with Gasteiger partial charge in [0.15, 0.2) is 0 Å². The Morgan fingerprint density at radius 2 is 1.00 bits per heavy atom. The third-order valence-electron chi connectivity index (χ3n) is 0. The number of hydrogen-bond donors (Lipinski definition) is 0. The van der Waals surface area contributed by atoms with Crippen molar-refractivity contribution in [3.63, 3.8) is 0 Å².